The Hall–Kier alpha value is -3.36. The van der Waals surface area contributed by atoms with Crippen LogP contribution >= 0.6 is 0 Å². The molecule has 2 aromatic rings. The summed E-state index contributed by atoms with van der Waals surface area (Å²) >= 11 is 0. The predicted octanol–water partition coefficient (Wildman–Crippen LogP) is 4.28. The van der Waals surface area contributed by atoms with Crippen molar-refractivity contribution in [2.75, 3.05) is 0 Å². The highest BCUT2D eigenvalue weighted by Crippen LogP contribution is 2.19. The minimum absolute atomic E-state index is 0.00991. The van der Waals surface area contributed by atoms with Crippen molar-refractivity contribution >= 4 is 17.8 Å². The van der Waals surface area contributed by atoms with Gasteiger partial charge in [-0.3, -0.25) is 14.5 Å². The van der Waals surface area contributed by atoms with Crippen LogP contribution in [0.25, 0.3) is 0 Å². The summed E-state index contributed by atoms with van der Waals surface area (Å²) < 4.78 is 40.7. The molecule has 1 aliphatic heterocycles. The normalized spacial score (nSPS) is 15.5. The first-order chi connectivity index (χ1) is 15.7. The summed E-state index contributed by atoms with van der Waals surface area (Å²) in [6.45, 7) is 5.83. The number of guanidine groups is 1. The molecule has 1 unspecified atom stereocenters. The predicted molar refractivity (Wildman–Crippen MR) is 121 cm³/mol. The summed E-state index contributed by atoms with van der Waals surface area (Å²) in [6, 6.07) is 6.44. The van der Waals surface area contributed by atoms with E-state index in [2.05, 4.69) is 10.3 Å². The second kappa shape index (κ2) is 12.0. The topological polar surface area (TPSA) is 87.8 Å². The SMILES string of the molecule is CC.CCCC1CC(=O)N(Cc2cc(F)cc(C(=O)NCc3cc(F)cc(F)c3)c2)C(N)=N1. The van der Waals surface area contributed by atoms with E-state index in [1.165, 1.54) is 17.0 Å². The summed E-state index contributed by atoms with van der Waals surface area (Å²) in [6.07, 6.45) is 1.85. The van der Waals surface area contributed by atoms with Crippen LogP contribution in [0.4, 0.5) is 13.2 Å². The van der Waals surface area contributed by atoms with Gasteiger partial charge in [0.25, 0.3) is 5.91 Å². The van der Waals surface area contributed by atoms with E-state index in [-0.39, 0.29) is 48.5 Å². The molecule has 6 nitrogen and oxygen atoms in total. The fourth-order valence-electron chi connectivity index (χ4n) is 3.46. The van der Waals surface area contributed by atoms with Gasteiger partial charge in [-0.2, -0.15) is 0 Å². The summed E-state index contributed by atoms with van der Waals surface area (Å²) in [5, 5.41) is 2.50. The molecule has 0 saturated carbocycles. The van der Waals surface area contributed by atoms with Gasteiger partial charge < -0.3 is 11.1 Å². The van der Waals surface area contributed by atoms with Gasteiger partial charge in [0.15, 0.2) is 5.96 Å². The van der Waals surface area contributed by atoms with E-state index in [9.17, 15) is 22.8 Å². The number of hydrogen-bond acceptors (Lipinski definition) is 4. The standard InChI is InChI=1S/C22H23F3N4O2.C2H6/c1-2-3-19-10-20(30)29(22(26)28-19)12-14-4-15(8-16(23)7-14)21(31)27-11-13-5-17(24)9-18(25)6-13;1-2/h4-9,19H,2-3,10-12H2,1H3,(H2,26,28)(H,27,31);1-2H3. The van der Waals surface area contributed by atoms with Crippen molar-refractivity contribution in [3.63, 3.8) is 0 Å². The van der Waals surface area contributed by atoms with Crippen molar-refractivity contribution < 1.29 is 22.8 Å². The number of carbonyl (C=O) groups excluding carboxylic acids is 2. The van der Waals surface area contributed by atoms with Crippen molar-refractivity contribution in [2.45, 2.75) is 59.2 Å². The van der Waals surface area contributed by atoms with E-state index in [0.29, 0.717) is 5.56 Å². The maximum Gasteiger partial charge on any atom is 0.251 e. The van der Waals surface area contributed by atoms with Crippen LogP contribution in [0.2, 0.25) is 0 Å². The van der Waals surface area contributed by atoms with Crippen LogP contribution in [0, 0.1) is 17.5 Å². The third-order valence-corrected chi connectivity index (χ3v) is 4.86. The highest BCUT2D eigenvalue weighted by atomic mass is 19.1. The van der Waals surface area contributed by atoms with Crippen LogP contribution in [0.1, 0.15) is 61.5 Å². The van der Waals surface area contributed by atoms with Crippen molar-refractivity contribution in [1.29, 1.82) is 0 Å². The number of nitrogens with zero attached hydrogens (tertiary/aromatic N) is 2. The second-order valence-corrected chi connectivity index (χ2v) is 7.42. The Morgan fingerprint density at radius 1 is 1.06 bits per heavy atom. The highest BCUT2D eigenvalue weighted by molar-refractivity contribution is 5.98. The highest BCUT2D eigenvalue weighted by Gasteiger charge is 2.27. The summed E-state index contributed by atoms with van der Waals surface area (Å²) in [5.41, 5.74) is 6.53. The van der Waals surface area contributed by atoms with E-state index in [1.807, 2.05) is 20.8 Å². The Bertz CT molecular complexity index is 1010. The average molecular weight is 463 g/mol. The van der Waals surface area contributed by atoms with Gasteiger partial charge in [-0.15, -0.1) is 0 Å². The first kappa shape index (κ1) is 25.9. The van der Waals surface area contributed by atoms with Crippen molar-refractivity contribution in [2.24, 2.45) is 10.7 Å². The maximum absolute atomic E-state index is 14.1. The van der Waals surface area contributed by atoms with Crippen LogP contribution in [0.15, 0.2) is 41.4 Å². The number of nitrogens with two attached hydrogens (primary N) is 1. The number of rotatable bonds is 7. The summed E-state index contributed by atoms with van der Waals surface area (Å²) in [4.78, 5) is 30.5. The van der Waals surface area contributed by atoms with Gasteiger partial charge in [0, 0.05) is 24.6 Å². The van der Waals surface area contributed by atoms with Crippen LogP contribution < -0.4 is 11.1 Å². The number of benzene rings is 2. The van der Waals surface area contributed by atoms with Crippen molar-refractivity contribution in [3.8, 4) is 0 Å². The second-order valence-electron chi connectivity index (χ2n) is 7.42. The maximum atomic E-state index is 14.1. The molecule has 0 aliphatic carbocycles. The fourth-order valence-corrected chi connectivity index (χ4v) is 3.46. The lowest BCUT2D eigenvalue weighted by Gasteiger charge is -2.29. The monoisotopic (exact) mass is 462 g/mol. The van der Waals surface area contributed by atoms with E-state index >= 15 is 0 Å². The largest absolute Gasteiger partial charge is 0.369 e. The van der Waals surface area contributed by atoms with Crippen LogP contribution in [-0.2, 0) is 17.9 Å². The molecule has 1 aliphatic rings. The number of halogens is 3. The minimum atomic E-state index is -0.760. The van der Waals surface area contributed by atoms with Crippen LogP contribution in [0.3, 0.4) is 0 Å². The van der Waals surface area contributed by atoms with Gasteiger partial charge in [-0.1, -0.05) is 27.2 Å². The van der Waals surface area contributed by atoms with Gasteiger partial charge in [0.05, 0.1) is 12.6 Å². The van der Waals surface area contributed by atoms with Gasteiger partial charge in [-0.05, 0) is 47.9 Å². The van der Waals surface area contributed by atoms with Gasteiger partial charge >= 0.3 is 0 Å². The Morgan fingerprint density at radius 3 is 2.27 bits per heavy atom. The number of carbonyl (C=O) groups is 2. The van der Waals surface area contributed by atoms with Gasteiger partial charge in [0.2, 0.25) is 5.91 Å². The molecule has 33 heavy (non-hydrogen) atoms. The first-order valence-electron chi connectivity index (χ1n) is 10.9. The summed E-state index contributed by atoms with van der Waals surface area (Å²) in [5.74, 6) is -2.96. The quantitative estimate of drug-likeness (QED) is 0.644. The molecule has 178 valence electrons. The molecule has 2 aromatic carbocycles. The van der Waals surface area contributed by atoms with E-state index in [0.717, 1.165) is 37.1 Å². The molecule has 2 amide bonds. The summed E-state index contributed by atoms with van der Waals surface area (Å²) in [7, 11) is 0. The zero-order chi connectivity index (χ0) is 24.5. The molecule has 0 saturated heterocycles. The Labute approximate surface area is 191 Å². The van der Waals surface area contributed by atoms with Gasteiger partial charge in [-0.25, -0.2) is 18.2 Å². The molecule has 1 atom stereocenters. The molecule has 0 fully saturated rings. The smallest absolute Gasteiger partial charge is 0.251 e. The van der Waals surface area contributed by atoms with Crippen LogP contribution in [-0.4, -0.2) is 28.7 Å². The van der Waals surface area contributed by atoms with Crippen LogP contribution in [0.5, 0.6) is 0 Å². The molecule has 0 bridgehead atoms. The lowest BCUT2D eigenvalue weighted by Crippen LogP contribution is -2.46. The van der Waals surface area contributed by atoms with E-state index in [4.69, 9.17) is 5.73 Å². The minimum Gasteiger partial charge on any atom is -0.369 e. The Kier molecular flexibility index (Phi) is 9.44. The number of aliphatic imine (C=N–C) groups is 1. The molecule has 0 spiro atoms. The van der Waals surface area contributed by atoms with Gasteiger partial charge in [0.1, 0.15) is 17.5 Å². The zero-order valence-corrected chi connectivity index (χ0v) is 19.0. The molecule has 1 heterocycles. The van der Waals surface area contributed by atoms with E-state index in [1.54, 1.807) is 0 Å². The third kappa shape index (κ3) is 7.34. The zero-order valence-electron chi connectivity index (χ0n) is 19.0. The first-order valence-corrected chi connectivity index (χ1v) is 10.9. The molecule has 0 radical (unpaired) electrons. The fraction of sp³-hybridized carbons (Fsp3) is 0.375. The Balaban J connectivity index is 0.00000187. The molecule has 3 rings (SSSR count). The van der Waals surface area contributed by atoms with Crippen molar-refractivity contribution in [3.05, 3.63) is 70.5 Å². The number of nitrogens with one attached hydrogen (secondary N) is 1. The molecule has 3 N–H and O–H groups in total. The molecular formula is C24H29F3N4O2. The van der Waals surface area contributed by atoms with E-state index < -0.39 is 23.4 Å². The molecular weight excluding hydrogens is 433 g/mol. The van der Waals surface area contributed by atoms with Crippen molar-refractivity contribution in [1.82, 2.24) is 10.2 Å². The lowest BCUT2D eigenvalue weighted by atomic mass is 10.1. The Morgan fingerprint density at radius 2 is 1.67 bits per heavy atom. The molecule has 0 aromatic heterocycles. The third-order valence-electron chi connectivity index (χ3n) is 4.86. The number of hydrogen-bond donors (Lipinski definition) is 2. The molecule has 9 heteroatoms. The number of amides is 2. The average Bonchev–Trinajstić information content (AvgIpc) is 2.75. The lowest BCUT2D eigenvalue weighted by molar-refractivity contribution is -0.128.